The molecule has 0 radical (unpaired) electrons. The van der Waals surface area contributed by atoms with Crippen LogP contribution in [0.15, 0.2) is 67.0 Å². The van der Waals surface area contributed by atoms with Crippen molar-refractivity contribution in [3.8, 4) is 11.5 Å². The molecule has 0 fully saturated rings. The fourth-order valence-electron chi connectivity index (χ4n) is 2.32. The standard InChI is InChI=1S/C20H20N4O3/c1-26-12-11-21-19-13-17(22-14-23-19)20(25)24-16-9-5-6-10-18(16)27-15-7-3-2-4-8-15/h2-10,13-14H,11-12H2,1H3,(H,24,25)(H,21,22,23). The van der Waals surface area contributed by atoms with E-state index in [-0.39, 0.29) is 11.6 Å². The van der Waals surface area contributed by atoms with Gasteiger partial charge in [-0.3, -0.25) is 4.79 Å². The highest BCUT2D eigenvalue weighted by atomic mass is 16.5. The van der Waals surface area contributed by atoms with Crippen molar-refractivity contribution in [3.63, 3.8) is 0 Å². The van der Waals surface area contributed by atoms with Crippen molar-refractivity contribution in [2.45, 2.75) is 0 Å². The highest BCUT2D eigenvalue weighted by Gasteiger charge is 2.12. The van der Waals surface area contributed by atoms with Crippen LogP contribution in [0.2, 0.25) is 0 Å². The van der Waals surface area contributed by atoms with E-state index in [1.807, 2.05) is 42.5 Å². The average Bonchev–Trinajstić information content (AvgIpc) is 2.71. The monoisotopic (exact) mass is 364 g/mol. The van der Waals surface area contributed by atoms with E-state index in [9.17, 15) is 4.79 Å². The van der Waals surface area contributed by atoms with Crippen LogP contribution in [-0.2, 0) is 4.74 Å². The van der Waals surface area contributed by atoms with Gasteiger partial charge in [0, 0.05) is 19.7 Å². The van der Waals surface area contributed by atoms with Crippen LogP contribution in [-0.4, -0.2) is 36.1 Å². The first-order valence-corrected chi connectivity index (χ1v) is 8.44. The maximum Gasteiger partial charge on any atom is 0.274 e. The number of aromatic nitrogens is 2. The fraction of sp³-hybridized carbons (Fsp3) is 0.150. The van der Waals surface area contributed by atoms with Crippen LogP contribution in [0.3, 0.4) is 0 Å². The number of carbonyl (C=O) groups excluding carboxylic acids is 1. The van der Waals surface area contributed by atoms with Crippen molar-refractivity contribution in [2.24, 2.45) is 0 Å². The summed E-state index contributed by atoms with van der Waals surface area (Å²) >= 11 is 0. The van der Waals surface area contributed by atoms with Crippen LogP contribution in [0, 0.1) is 0 Å². The van der Waals surface area contributed by atoms with Crippen molar-refractivity contribution in [3.05, 3.63) is 72.7 Å². The number of anilines is 2. The second-order valence-corrected chi connectivity index (χ2v) is 5.57. The molecule has 1 aromatic heterocycles. The van der Waals surface area contributed by atoms with Gasteiger partial charge in [-0.05, 0) is 24.3 Å². The molecule has 0 unspecified atom stereocenters. The van der Waals surface area contributed by atoms with Crippen molar-refractivity contribution < 1.29 is 14.3 Å². The van der Waals surface area contributed by atoms with Crippen LogP contribution >= 0.6 is 0 Å². The number of ether oxygens (including phenoxy) is 2. The zero-order chi connectivity index (χ0) is 18.9. The topological polar surface area (TPSA) is 85.4 Å². The van der Waals surface area contributed by atoms with Gasteiger partial charge in [-0.1, -0.05) is 30.3 Å². The first-order chi connectivity index (χ1) is 13.3. The molecule has 0 spiro atoms. The SMILES string of the molecule is COCCNc1cc(C(=O)Nc2ccccc2Oc2ccccc2)ncn1. The van der Waals surface area contributed by atoms with E-state index in [2.05, 4.69) is 20.6 Å². The summed E-state index contributed by atoms with van der Waals surface area (Å²) in [6.45, 7) is 1.12. The lowest BCUT2D eigenvalue weighted by atomic mass is 10.2. The Morgan fingerprint density at radius 1 is 1.04 bits per heavy atom. The molecule has 3 aromatic rings. The highest BCUT2D eigenvalue weighted by molar-refractivity contribution is 6.04. The van der Waals surface area contributed by atoms with Gasteiger partial charge in [-0.25, -0.2) is 9.97 Å². The number of hydrogen-bond acceptors (Lipinski definition) is 6. The van der Waals surface area contributed by atoms with E-state index in [1.165, 1.54) is 6.33 Å². The Hall–Kier alpha value is -3.45. The van der Waals surface area contributed by atoms with E-state index in [0.717, 1.165) is 0 Å². The third-order valence-electron chi connectivity index (χ3n) is 3.62. The van der Waals surface area contributed by atoms with Crippen LogP contribution < -0.4 is 15.4 Å². The molecule has 0 saturated carbocycles. The van der Waals surface area contributed by atoms with E-state index in [4.69, 9.17) is 9.47 Å². The van der Waals surface area contributed by atoms with Gasteiger partial charge in [0.25, 0.3) is 5.91 Å². The summed E-state index contributed by atoms with van der Waals surface area (Å²) in [5.74, 6) is 1.44. The predicted molar refractivity (Wildman–Crippen MR) is 103 cm³/mol. The van der Waals surface area contributed by atoms with Gasteiger partial charge in [0.05, 0.1) is 12.3 Å². The molecule has 0 atom stereocenters. The Bertz CT molecular complexity index is 887. The number of nitrogens with zero attached hydrogens (tertiary/aromatic N) is 2. The first-order valence-electron chi connectivity index (χ1n) is 8.44. The number of para-hydroxylation sites is 3. The number of nitrogens with one attached hydrogen (secondary N) is 2. The van der Waals surface area contributed by atoms with Gasteiger partial charge in [0.1, 0.15) is 23.6 Å². The summed E-state index contributed by atoms with van der Waals surface area (Å²) in [7, 11) is 1.62. The fourth-order valence-corrected chi connectivity index (χ4v) is 2.32. The van der Waals surface area contributed by atoms with Gasteiger partial charge in [0.2, 0.25) is 0 Å². The van der Waals surface area contributed by atoms with Crippen molar-refractivity contribution in [1.29, 1.82) is 0 Å². The lowest BCUT2D eigenvalue weighted by Crippen LogP contribution is -2.16. The van der Waals surface area contributed by atoms with Gasteiger partial charge in [0.15, 0.2) is 5.75 Å². The molecule has 0 saturated heterocycles. The minimum absolute atomic E-state index is 0.249. The maximum atomic E-state index is 12.6. The van der Waals surface area contributed by atoms with E-state index in [0.29, 0.717) is 36.2 Å². The number of benzene rings is 2. The summed E-state index contributed by atoms with van der Waals surface area (Å²) in [6, 6.07) is 18.2. The Labute approximate surface area is 157 Å². The van der Waals surface area contributed by atoms with Crippen LogP contribution in [0.25, 0.3) is 0 Å². The lowest BCUT2D eigenvalue weighted by molar-refractivity contribution is 0.102. The maximum absolute atomic E-state index is 12.6. The molecule has 7 heteroatoms. The summed E-state index contributed by atoms with van der Waals surface area (Å²) < 4.78 is 10.8. The Morgan fingerprint density at radius 2 is 1.81 bits per heavy atom. The quantitative estimate of drug-likeness (QED) is 0.594. The second kappa shape index (κ2) is 9.30. The van der Waals surface area contributed by atoms with Gasteiger partial charge >= 0.3 is 0 Å². The molecule has 0 bridgehead atoms. The molecule has 2 N–H and O–H groups in total. The molecule has 3 rings (SSSR count). The molecule has 7 nitrogen and oxygen atoms in total. The molecule has 27 heavy (non-hydrogen) atoms. The minimum Gasteiger partial charge on any atom is -0.455 e. The number of rotatable bonds is 8. The smallest absolute Gasteiger partial charge is 0.274 e. The van der Waals surface area contributed by atoms with Crippen LogP contribution in [0.1, 0.15) is 10.5 Å². The lowest BCUT2D eigenvalue weighted by Gasteiger charge is -2.12. The third-order valence-corrected chi connectivity index (χ3v) is 3.62. The summed E-state index contributed by atoms with van der Waals surface area (Å²) in [5.41, 5.74) is 0.804. The van der Waals surface area contributed by atoms with E-state index >= 15 is 0 Å². The highest BCUT2D eigenvalue weighted by Crippen LogP contribution is 2.29. The number of methoxy groups -OCH3 is 1. The zero-order valence-corrected chi connectivity index (χ0v) is 14.9. The minimum atomic E-state index is -0.351. The van der Waals surface area contributed by atoms with Gasteiger partial charge in [-0.2, -0.15) is 0 Å². The zero-order valence-electron chi connectivity index (χ0n) is 14.9. The van der Waals surface area contributed by atoms with Crippen molar-refractivity contribution in [1.82, 2.24) is 9.97 Å². The number of amides is 1. The normalized spacial score (nSPS) is 10.3. The molecule has 138 valence electrons. The Kier molecular flexibility index (Phi) is 6.32. The summed E-state index contributed by atoms with van der Waals surface area (Å²) in [4.78, 5) is 20.7. The first kappa shape index (κ1) is 18.3. The Balaban J connectivity index is 1.72. The predicted octanol–water partition coefficient (Wildman–Crippen LogP) is 3.58. The van der Waals surface area contributed by atoms with Crippen molar-refractivity contribution in [2.75, 3.05) is 30.9 Å². The molecule has 0 aliphatic heterocycles. The Morgan fingerprint density at radius 3 is 2.63 bits per heavy atom. The second-order valence-electron chi connectivity index (χ2n) is 5.57. The van der Waals surface area contributed by atoms with Crippen LogP contribution in [0.4, 0.5) is 11.5 Å². The third kappa shape index (κ3) is 5.26. The molecule has 0 aliphatic carbocycles. The van der Waals surface area contributed by atoms with E-state index < -0.39 is 0 Å². The average molecular weight is 364 g/mol. The molecule has 1 heterocycles. The van der Waals surface area contributed by atoms with Crippen LogP contribution in [0.5, 0.6) is 11.5 Å². The van der Waals surface area contributed by atoms with Crippen molar-refractivity contribution >= 4 is 17.4 Å². The number of carbonyl (C=O) groups is 1. The van der Waals surface area contributed by atoms with E-state index in [1.54, 1.807) is 25.3 Å². The summed E-state index contributed by atoms with van der Waals surface area (Å²) in [5, 5.41) is 5.90. The molecule has 2 aromatic carbocycles. The number of hydrogen-bond donors (Lipinski definition) is 2. The van der Waals surface area contributed by atoms with Gasteiger partial charge in [-0.15, -0.1) is 0 Å². The molecular formula is C20H20N4O3. The summed E-state index contributed by atoms with van der Waals surface area (Å²) in [6.07, 6.45) is 1.34. The molecular weight excluding hydrogens is 344 g/mol. The molecule has 1 amide bonds. The van der Waals surface area contributed by atoms with Gasteiger partial charge < -0.3 is 20.1 Å². The molecule has 0 aliphatic rings. The largest absolute Gasteiger partial charge is 0.455 e.